The minimum atomic E-state index is 0.0323. The minimum Gasteiger partial charge on any atom is -0.305 e. The van der Waals surface area contributed by atoms with E-state index in [0.717, 1.165) is 19.4 Å². The van der Waals surface area contributed by atoms with Crippen LogP contribution < -0.4 is 10.8 Å². The van der Waals surface area contributed by atoms with E-state index >= 15 is 0 Å². The number of nitrogens with zero attached hydrogens (tertiary/aromatic N) is 1. The van der Waals surface area contributed by atoms with Gasteiger partial charge in [0, 0.05) is 12.6 Å². The van der Waals surface area contributed by atoms with Crippen molar-refractivity contribution in [3.8, 4) is 6.07 Å². The standard InChI is InChI=1S/C7H13N3O/c1-11-10-7-3-2-6(4-8)9-5-7/h6-7,9-10H,2-3,5H2,1H3/t6-,7?/m0/s1. The van der Waals surface area contributed by atoms with Crippen LogP contribution in [0, 0.1) is 11.3 Å². The third-order valence-electron chi connectivity index (χ3n) is 1.85. The van der Waals surface area contributed by atoms with Crippen LogP contribution in [0.2, 0.25) is 0 Å². The summed E-state index contributed by atoms with van der Waals surface area (Å²) >= 11 is 0. The van der Waals surface area contributed by atoms with Gasteiger partial charge in [0.05, 0.1) is 19.2 Å². The van der Waals surface area contributed by atoms with Crippen LogP contribution in [0.25, 0.3) is 0 Å². The number of hydrogen-bond acceptors (Lipinski definition) is 4. The molecule has 1 fully saturated rings. The highest BCUT2D eigenvalue weighted by molar-refractivity contribution is 4.94. The molecule has 1 rings (SSSR count). The lowest BCUT2D eigenvalue weighted by Crippen LogP contribution is -2.46. The predicted octanol–water partition coefficient (Wildman–Crippen LogP) is -0.218. The Bertz CT molecular complexity index is 146. The summed E-state index contributed by atoms with van der Waals surface area (Å²) in [5.41, 5.74) is 2.86. The van der Waals surface area contributed by atoms with Gasteiger partial charge in [0.1, 0.15) is 0 Å². The van der Waals surface area contributed by atoms with Gasteiger partial charge in [-0.3, -0.25) is 0 Å². The van der Waals surface area contributed by atoms with Crippen LogP contribution in [0.15, 0.2) is 0 Å². The molecule has 0 bridgehead atoms. The van der Waals surface area contributed by atoms with Gasteiger partial charge in [-0.2, -0.15) is 10.7 Å². The monoisotopic (exact) mass is 155 g/mol. The molecule has 0 saturated carbocycles. The van der Waals surface area contributed by atoms with Crippen LogP contribution in [0.3, 0.4) is 0 Å². The Kier molecular flexibility index (Phi) is 3.30. The van der Waals surface area contributed by atoms with E-state index in [9.17, 15) is 0 Å². The van der Waals surface area contributed by atoms with E-state index in [1.54, 1.807) is 7.11 Å². The van der Waals surface area contributed by atoms with E-state index in [0.29, 0.717) is 6.04 Å². The molecule has 0 aromatic rings. The first-order valence-corrected chi connectivity index (χ1v) is 3.78. The fourth-order valence-electron chi connectivity index (χ4n) is 1.23. The average Bonchev–Trinajstić information content (AvgIpc) is 2.07. The molecule has 1 aliphatic rings. The van der Waals surface area contributed by atoms with Gasteiger partial charge in [0.25, 0.3) is 0 Å². The van der Waals surface area contributed by atoms with Crippen molar-refractivity contribution in [2.45, 2.75) is 24.9 Å². The van der Waals surface area contributed by atoms with Crippen molar-refractivity contribution < 1.29 is 4.84 Å². The van der Waals surface area contributed by atoms with Crippen molar-refractivity contribution in [1.29, 1.82) is 5.26 Å². The Morgan fingerprint density at radius 2 is 2.45 bits per heavy atom. The molecule has 62 valence electrons. The number of hydroxylamine groups is 1. The fourth-order valence-corrected chi connectivity index (χ4v) is 1.23. The molecule has 11 heavy (non-hydrogen) atoms. The molecule has 4 nitrogen and oxygen atoms in total. The zero-order valence-electron chi connectivity index (χ0n) is 6.63. The van der Waals surface area contributed by atoms with Gasteiger partial charge < -0.3 is 10.2 Å². The van der Waals surface area contributed by atoms with E-state index in [1.165, 1.54) is 0 Å². The second kappa shape index (κ2) is 4.29. The highest BCUT2D eigenvalue weighted by atomic mass is 16.6. The minimum absolute atomic E-state index is 0.0323. The molecule has 0 spiro atoms. The Morgan fingerprint density at radius 1 is 1.64 bits per heavy atom. The lowest BCUT2D eigenvalue weighted by Gasteiger charge is -2.25. The topological polar surface area (TPSA) is 57.1 Å². The number of piperidine rings is 1. The molecule has 2 atom stereocenters. The number of nitriles is 1. The Morgan fingerprint density at radius 3 is 2.91 bits per heavy atom. The molecule has 0 aromatic heterocycles. The number of rotatable bonds is 2. The first-order valence-electron chi connectivity index (χ1n) is 3.78. The van der Waals surface area contributed by atoms with Crippen molar-refractivity contribution in [2.24, 2.45) is 0 Å². The van der Waals surface area contributed by atoms with Crippen LogP contribution in [0.4, 0.5) is 0 Å². The third kappa shape index (κ3) is 2.46. The fraction of sp³-hybridized carbons (Fsp3) is 0.857. The smallest absolute Gasteiger partial charge is 0.0954 e. The van der Waals surface area contributed by atoms with Crippen molar-refractivity contribution in [3.05, 3.63) is 0 Å². The van der Waals surface area contributed by atoms with Crippen molar-refractivity contribution in [2.75, 3.05) is 13.7 Å². The highest BCUT2D eigenvalue weighted by Crippen LogP contribution is 2.06. The zero-order valence-corrected chi connectivity index (χ0v) is 6.63. The number of hydrogen-bond donors (Lipinski definition) is 2. The van der Waals surface area contributed by atoms with Gasteiger partial charge in [-0.15, -0.1) is 0 Å². The lowest BCUT2D eigenvalue weighted by atomic mass is 10.0. The van der Waals surface area contributed by atoms with Crippen LogP contribution in [-0.2, 0) is 4.84 Å². The first kappa shape index (κ1) is 8.47. The SMILES string of the molecule is CONC1CC[C@@H](C#N)NC1. The third-order valence-corrected chi connectivity index (χ3v) is 1.85. The van der Waals surface area contributed by atoms with Gasteiger partial charge >= 0.3 is 0 Å². The maximum atomic E-state index is 8.54. The summed E-state index contributed by atoms with van der Waals surface area (Å²) in [5.74, 6) is 0. The van der Waals surface area contributed by atoms with E-state index in [4.69, 9.17) is 10.1 Å². The Balaban J connectivity index is 2.20. The average molecular weight is 155 g/mol. The largest absolute Gasteiger partial charge is 0.305 e. The van der Waals surface area contributed by atoms with Crippen molar-refractivity contribution in [3.63, 3.8) is 0 Å². The van der Waals surface area contributed by atoms with Crippen LogP contribution in [-0.4, -0.2) is 25.7 Å². The summed E-state index contributed by atoms with van der Waals surface area (Å²) in [6.07, 6.45) is 1.90. The highest BCUT2D eigenvalue weighted by Gasteiger charge is 2.19. The Hall–Kier alpha value is -0.630. The summed E-state index contributed by atoms with van der Waals surface area (Å²) in [5, 5.41) is 11.6. The molecule has 0 radical (unpaired) electrons. The molecular weight excluding hydrogens is 142 g/mol. The summed E-state index contributed by atoms with van der Waals surface area (Å²) in [6.45, 7) is 0.812. The number of nitrogens with one attached hydrogen (secondary N) is 2. The molecule has 1 heterocycles. The molecule has 0 amide bonds. The maximum Gasteiger partial charge on any atom is 0.0954 e. The summed E-state index contributed by atoms with van der Waals surface area (Å²) in [6, 6.07) is 2.57. The molecule has 2 N–H and O–H groups in total. The normalized spacial score (nSPS) is 31.3. The molecular formula is C7H13N3O. The predicted molar refractivity (Wildman–Crippen MR) is 40.6 cm³/mol. The van der Waals surface area contributed by atoms with Gasteiger partial charge in [-0.05, 0) is 12.8 Å². The van der Waals surface area contributed by atoms with Crippen LogP contribution >= 0.6 is 0 Å². The summed E-state index contributed by atoms with van der Waals surface area (Å²) in [4.78, 5) is 4.78. The maximum absolute atomic E-state index is 8.54. The molecule has 1 unspecified atom stereocenters. The van der Waals surface area contributed by atoms with Gasteiger partial charge in [0.2, 0.25) is 0 Å². The van der Waals surface area contributed by atoms with Crippen LogP contribution in [0.5, 0.6) is 0 Å². The molecule has 0 aromatic carbocycles. The van der Waals surface area contributed by atoms with E-state index in [2.05, 4.69) is 16.9 Å². The molecule has 1 saturated heterocycles. The summed E-state index contributed by atoms with van der Waals surface area (Å²) < 4.78 is 0. The van der Waals surface area contributed by atoms with Gasteiger partial charge in [0.15, 0.2) is 0 Å². The van der Waals surface area contributed by atoms with E-state index < -0.39 is 0 Å². The first-order chi connectivity index (χ1) is 5.36. The van der Waals surface area contributed by atoms with Crippen molar-refractivity contribution >= 4 is 0 Å². The second-order valence-electron chi connectivity index (χ2n) is 2.69. The summed E-state index contributed by atoms with van der Waals surface area (Å²) in [7, 11) is 1.61. The molecule has 0 aliphatic carbocycles. The molecule has 4 heteroatoms. The van der Waals surface area contributed by atoms with Crippen molar-refractivity contribution in [1.82, 2.24) is 10.8 Å². The molecule has 1 aliphatic heterocycles. The second-order valence-corrected chi connectivity index (χ2v) is 2.69. The van der Waals surface area contributed by atoms with Crippen LogP contribution in [0.1, 0.15) is 12.8 Å². The van der Waals surface area contributed by atoms with Gasteiger partial charge in [-0.1, -0.05) is 0 Å². The Labute approximate surface area is 66.5 Å². The quantitative estimate of drug-likeness (QED) is 0.541. The lowest BCUT2D eigenvalue weighted by molar-refractivity contribution is 0.0511. The zero-order chi connectivity index (χ0) is 8.10. The van der Waals surface area contributed by atoms with Gasteiger partial charge in [-0.25, -0.2) is 0 Å². The van der Waals surface area contributed by atoms with E-state index in [-0.39, 0.29) is 6.04 Å². The van der Waals surface area contributed by atoms with E-state index in [1.807, 2.05) is 0 Å².